The predicted molar refractivity (Wildman–Crippen MR) is 64.3 cm³/mol. The minimum absolute atomic E-state index is 0.100. The quantitative estimate of drug-likeness (QED) is 0.565. The zero-order chi connectivity index (χ0) is 13.8. The molecule has 100 valence electrons. The van der Waals surface area contributed by atoms with Crippen molar-refractivity contribution in [3.8, 4) is 0 Å². The Morgan fingerprint density at radius 2 is 2.06 bits per heavy atom. The van der Waals surface area contributed by atoms with E-state index in [4.69, 9.17) is 15.9 Å². The third-order valence-electron chi connectivity index (χ3n) is 2.74. The normalized spacial score (nSPS) is 11.6. The largest absolute Gasteiger partial charge is 0.394 e. The van der Waals surface area contributed by atoms with Crippen LogP contribution in [-0.4, -0.2) is 34.9 Å². The fraction of sp³-hybridized carbons (Fsp3) is 0.417. The number of halogens is 1. The molecule has 0 aliphatic heterocycles. The molecule has 5 N–H and O–H groups in total. The van der Waals surface area contributed by atoms with E-state index in [0.29, 0.717) is 5.56 Å². The zero-order valence-corrected chi connectivity index (χ0v) is 10.1. The van der Waals surface area contributed by atoms with Crippen molar-refractivity contribution in [1.29, 1.82) is 0 Å². The van der Waals surface area contributed by atoms with Crippen molar-refractivity contribution >= 4 is 5.91 Å². The number of primary amides is 1. The Hall–Kier alpha value is -1.50. The van der Waals surface area contributed by atoms with Crippen molar-refractivity contribution in [3.05, 3.63) is 35.1 Å². The molecule has 0 saturated heterocycles. The molecule has 1 aromatic rings. The fourth-order valence-electron chi connectivity index (χ4n) is 1.31. The van der Waals surface area contributed by atoms with Crippen LogP contribution in [0.3, 0.4) is 0 Å². The maximum atomic E-state index is 13.6. The van der Waals surface area contributed by atoms with Gasteiger partial charge in [-0.05, 0) is 19.1 Å². The summed E-state index contributed by atoms with van der Waals surface area (Å²) in [7, 11) is 0. The van der Waals surface area contributed by atoms with Crippen molar-refractivity contribution in [2.24, 2.45) is 5.73 Å². The topological polar surface area (TPSA) is 95.6 Å². The number of aliphatic hydroxyl groups excluding tert-OH is 2. The molecule has 0 atom stereocenters. The van der Waals surface area contributed by atoms with E-state index in [0.717, 1.165) is 6.07 Å². The molecule has 0 spiro atoms. The number of nitrogens with one attached hydrogen (secondary N) is 1. The molecule has 1 aromatic carbocycles. The maximum absolute atomic E-state index is 13.6. The van der Waals surface area contributed by atoms with Crippen LogP contribution in [0.2, 0.25) is 0 Å². The first kappa shape index (κ1) is 14.6. The molecule has 18 heavy (non-hydrogen) atoms. The summed E-state index contributed by atoms with van der Waals surface area (Å²) in [6, 6.07) is 3.93. The monoisotopic (exact) mass is 256 g/mol. The van der Waals surface area contributed by atoms with Gasteiger partial charge in [0, 0.05) is 17.7 Å². The first-order valence-electron chi connectivity index (χ1n) is 5.47. The van der Waals surface area contributed by atoms with Crippen LogP contribution < -0.4 is 11.1 Å². The zero-order valence-electron chi connectivity index (χ0n) is 10.1. The average molecular weight is 256 g/mol. The lowest BCUT2D eigenvalue weighted by Crippen LogP contribution is -2.48. The van der Waals surface area contributed by atoms with Crippen LogP contribution in [0.1, 0.15) is 22.8 Å². The molecular weight excluding hydrogens is 239 g/mol. The predicted octanol–water partition coefficient (Wildman–Crippen LogP) is -0.243. The van der Waals surface area contributed by atoms with Crippen molar-refractivity contribution < 1.29 is 19.4 Å². The van der Waals surface area contributed by atoms with Gasteiger partial charge in [-0.15, -0.1) is 0 Å². The van der Waals surface area contributed by atoms with Crippen LogP contribution >= 0.6 is 0 Å². The van der Waals surface area contributed by atoms with E-state index in [2.05, 4.69) is 5.32 Å². The number of rotatable bonds is 6. The summed E-state index contributed by atoms with van der Waals surface area (Å²) in [6.45, 7) is 1.19. The second-order valence-electron chi connectivity index (χ2n) is 4.40. The number of carbonyl (C=O) groups excluding carboxylic acids is 1. The number of hydrogen-bond donors (Lipinski definition) is 4. The van der Waals surface area contributed by atoms with Gasteiger partial charge in [0.15, 0.2) is 0 Å². The molecule has 5 nitrogen and oxygen atoms in total. The van der Waals surface area contributed by atoms with Crippen molar-refractivity contribution in [1.82, 2.24) is 5.32 Å². The van der Waals surface area contributed by atoms with E-state index >= 15 is 0 Å². The van der Waals surface area contributed by atoms with Crippen LogP contribution in [0.25, 0.3) is 0 Å². The number of amides is 1. The number of hydrogen-bond acceptors (Lipinski definition) is 4. The molecule has 0 bridgehead atoms. The Bertz CT molecular complexity index is 433. The van der Waals surface area contributed by atoms with E-state index in [1.165, 1.54) is 12.1 Å². The third kappa shape index (κ3) is 3.49. The Kier molecular flexibility index (Phi) is 4.77. The highest BCUT2D eigenvalue weighted by Crippen LogP contribution is 2.12. The van der Waals surface area contributed by atoms with E-state index in [9.17, 15) is 9.18 Å². The van der Waals surface area contributed by atoms with Crippen molar-refractivity contribution in [2.45, 2.75) is 19.0 Å². The molecule has 0 aliphatic carbocycles. The number of carbonyl (C=O) groups is 1. The third-order valence-corrected chi connectivity index (χ3v) is 2.74. The highest BCUT2D eigenvalue weighted by molar-refractivity contribution is 5.92. The lowest BCUT2D eigenvalue weighted by Gasteiger charge is -2.26. The van der Waals surface area contributed by atoms with Crippen molar-refractivity contribution in [3.63, 3.8) is 0 Å². The second kappa shape index (κ2) is 5.90. The molecule has 6 heteroatoms. The standard InChI is InChI=1S/C12H17FN2O3/c1-12(6-16,7-17)15-5-9-3-2-8(11(14)18)4-10(9)13/h2-4,15-17H,5-7H2,1H3,(H2,14,18). The van der Waals surface area contributed by atoms with E-state index in [-0.39, 0.29) is 25.3 Å². The molecule has 0 saturated carbocycles. The summed E-state index contributed by atoms with van der Waals surface area (Å²) in [4.78, 5) is 10.8. The molecule has 0 radical (unpaired) electrons. The lowest BCUT2D eigenvalue weighted by atomic mass is 10.0. The average Bonchev–Trinajstić information content (AvgIpc) is 2.36. The smallest absolute Gasteiger partial charge is 0.248 e. The number of nitrogens with two attached hydrogens (primary N) is 1. The van der Waals surface area contributed by atoms with Gasteiger partial charge in [-0.25, -0.2) is 4.39 Å². The van der Waals surface area contributed by atoms with Crippen LogP contribution in [0.15, 0.2) is 18.2 Å². The summed E-state index contributed by atoms with van der Waals surface area (Å²) in [5.41, 5.74) is 4.58. The Balaban J connectivity index is 2.77. The van der Waals surface area contributed by atoms with Crippen LogP contribution in [0, 0.1) is 5.82 Å². The number of aliphatic hydroxyl groups is 2. The molecule has 0 aromatic heterocycles. The van der Waals surface area contributed by atoms with Gasteiger partial charge in [0.25, 0.3) is 0 Å². The summed E-state index contributed by atoms with van der Waals surface area (Å²) < 4.78 is 13.6. The molecule has 1 rings (SSSR count). The minimum Gasteiger partial charge on any atom is -0.394 e. The Labute approximate surface area is 104 Å². The van der Waals surface area contributed by atoms with Gasteiger partial charge in [0.1, 0.15) is 5.82 Å². The number of benzene rings is 1. The van der Waals surface area contributed by atoms with Gasteiger partial charge in [-0.1, -0.05) is 6.07 Å². The highest BCUT2D eigenvalue weighted by Gasteiger charge is 2.21. The summed E-state index contributed by atoms with van der Waals surface area (Å²) >= 11 is 0. The van der Waals surface area contributed by atoms with Gasteiger partial charge in [-0.2, -0.15) is 0 Å². The van der Waals surface area contributed by atoms with Gasteiger partial charge >= 0.3 is 0 Å². The van der Waals surface area contributed by atoms with Crippen molar-refractivity contribution in [2.75, 3.05) is 13.2 Å². The fourth-order valence-corrected chi connectivity index (χ4v) is 1.31. The van der Waals surface area contributed by atoms with Crippen LogP contribution in [0.4, 0.5) is 4.39 Å². The second-order valence-corrected chi connectivity index (χ2v) is 4.40. The Morgan fingerprint density at radius 3 is 2.50 bits per heavy atom. The van der Waals surface area contributed by atoms with E-state index in [1.54, 1.807) is 6.92 Å². The van der Waals surface area contributed by atoms with E-state index < -0.39 is 17.3 Å². The highest BCUT2D eigenvalue weighted by atomic mass is 19.1. The van der Waals surface area contributed by atoms with E-state index in [1.807, 2.05) is 0 Å². The SMILES string of the molecule is CC(CO)(CO)NCc1ccc(C(N)=O)cc1F. The first-order valence-corrected chi connectivity index (χ1v) is 5.47. The molecular formula is C12H17FN2O3. The Morgan fingerprint density at radius 1 is 1.44 bits per heavy atom. The molecule has 1 amide bonds. The van der Waals surface area contributed by atoms with Gasteiger partial charge in [-0.3, -0.25) is 4.79 Å². The summed E-state index contributed by atoms with van der Waals surface area (Å²) in [5, 5.41) is 21.0. The summed E-state index contributed by atoms with van der Waals surface area (Å²) in [5.74, 6) is -1.25. The summed E-state index contributed by atoms with van der Waals surface area (Å²) in [6.07, 6.45) is 0. The van der Waals surface area contributed by atoms with Gasteiger partial charge < -0.3 is 21.3 Å². The molecule has 0 aliphatic rings. The molecule has 0 fully saturated rings. The molecule has 0 unspecified atom stereocenters. The minimum atomic E-state index is -0.880. The first-order chi connectivity index (χ1) is 8.41. The van der Waals surface area contributed by atoms with Crippen LogP contribution in [0.5, 0.6) is 0 Å². The maximum Gasteiger partial charge on any atom is 0.248 e. The lowest BCUT2D eigenvalue weighted by molar-refractivity contribution is 0.1000. The van der Waals surface area contributed by atoms with Gasteiger partial charge in [0.05, 0.1) is 18.8 Å². The molecule has 0 heterocycles. The van der Waals surface area contributed by atoms with Crippen LogP contribution in [-0.2, 0) is 6.54 Å². The van der Waals surface area contributed by atoms with Gasteiger partial charge in [0.2, 0.25) is 5.91 Å².